The largest absolute Gasteiger partial charge is 0.508 e. The van der Waals surface area contributed by atoms with E-state index < -0.39 is 0 Å². The van der Waals surface area contributed by atoms with E-state index in [1.165, 1.54) is 10.8 Å². The number of hydrogen-bond acceptors (Lipinski definition) is 4. The van der Waals surface area contributed by atoms with Gasteiger partial charge in [-0.15, -0.1) is 22.7 Å². The van der Waals surface area contributed by atoms with Gasteiger partial charge in [0.15, 0.2) is 0 Å². The molecule has 20 heavy (non-hydrogen) atoms. The lowest BCUT2D eigenvalue weighted by Gasteiger charge is -1.89. The summed E-state index contributed by atoms with van der Waals surface area (Å²) in [5, 5.41) is 24.5. The van der Waals surface area contributed by atoms with E-state index in [1.54, 1.807) is 46.9 Å². The molecule has 0 atom stereocenters. The van der Waals surface area contributed by atoms with Gasteiger partial charge in [0.25, 0.3) is 0 Å². The molecule has 0 radical (unpaired) electrons. The van der Waals surface area contributed by atoms with E-state index >= 15 is 0 Å². The molecule has 2 N–H and O–H groups in total. The van der Waals surface area contributed by atoms with E-state index in [-0.39, 0.29) is 0 Å². The van der Waals surface area contributed by atoms with Crippen molar-refractivity contribution in [3.05, 3.63) is 59.3 Å². The van der Waals surface area contributed by atoms with E-state index in [0.717, 1.165) is 9.40 Å². The third-order valence-corrected chi connectivity index (χ3v) is 4.64. The van der Waals surface area contributed by atoms with Gasteiger partial charge >= 0.3 is 0 Å². The molecule has 0 bridgehead atoms. The molecule has 0 amide bonds. The zero-order valence-corrected chi connectivity index (χ0v) is 12.1. The van der Waals surface area contributed by atoms with E-state index in [0.29, 0.717) is 11.5 Å². The molecule has 2 aromatic carbocycles. The van der Waals surface area contributed by atoms with Crippen LogP contribution in [0.2, 0.25) is 0 Å². The first-order valence-electron chi connectivity index (χ1n) is 6.05. The first-order chi connectivity index (χ1) is 9.72. The number of benzene rings is 2. The van der Waals surface area contributed by atoms with Crippen molar-refractivity contribution in [2.45, 2.75) is 0 Å². The van der Waals surface area contributed by atoms with Gasteiger partial charge in [-0.2, -0.15) is 0 Å². The average molecular weight is 300 g/mol. The Kier molecular flexibility index (Phi) is 3.58. The minimum Gasteiger partial charge on any atom is -0.508 e. The van der Waals surface area contributed by atoms with Crippen LogP contribution < -0.4 is 0 Å². The molecule has 2 heterocycles. The normalized spacial score (nSPS) is 10.4. The molecule has 2 nitrogen and oxygen atoms in total. The van der Waals surface area contributed by atoms with Gasteiger partial charge < -0.3 is 10.2 Å². The van der Waals surface area contributed by atoms with Gasteiger partial charge in [0, 0.05) is 9.40 Å². The summed E-state index contributed by atoms with van der Waals surface area (Å²) in [7, 11) is 0. The summed E-state index contributed by atoms with van der Waals surface area (Å²) in [6, 6.07) is 14.9. The van der Waals surface area contributed by atoms with Crippen LogP contribution in [-0.4, -0.2) is 10.2 Å². The molecule has 0 unspecified atom stereocenters. The molecular weight excluding hydrogens is 288 g/mol. The second-order valence-electron chi connectivity index (χ2n) is 4.29. The Balaban J connectivity index is 0.000000121. The Labute approximate surface area is 124 Å². The fourth-order valence-corrected chi connectivity index (χ4v) is 3.53. The topological polar surface area (TPSA) is 40.5 Å². The van der Waals surface area contributed by atoms with Crippen LogP contribution in [0.25, 0.3) is 20.2 Å². The number of phenols is 2. The smallest absolute Gasteiger partial charge is 0.117 e. The molecule has 0 fully saturated rings. The van der Waals surface area contributed by atoms with Crippen LogP contribution in [-0.2, 0) is 0 Å². The quantitative estimate of drug-likeness (QED) is 0.468. The molecule has 4 aromatic rings. The van der Waals surface area contributed by atoms with Crippen LogP contribution in [0.5, 0.6) is 11.5 Å². The SMILES string of the molecule is Oc1ccc2ccsc2c1.Oc1ccc2ccsc2c1. The van der Waals surface area contributed by atoms with Gasteiger partial charge in [-0.25, -0.2) is 0 Å². The summed E-state index contributed by atoms with van der Waals surface area (Å²) in [6.07, 6.45) is 0. The second-order valence-corrected chi connectivity index (χ2v) is 6.18. The molecule has 0 saturated carbocycles. The van der Waals surface area contributed by atoms with Gasteiger partial charge in [0.05, 0.1) is 0 Å². The third kappa shape index (κ3) is 2.76. The predicted octanol–water partition coefficient (Wildman–Crippen LogP) is 5.21. The van der Waals surface area contributed by atoms with Crippen molar-refractivity contribution in [2.75, 3.05) is 0 Å². The summed E-state index contributed by atoms with van der Waals surface area (Å²) < 4.78 is 2.28. The molecule has 0 spiro atoms. The Hall–Kier alpha value is -2.04. The first-order valence-corrected chi connectivity index (χ1v) is 7.81. The molecule has 0 saturated heterocycles. The molecule has 2 aromatic heterocycles. The maximum absolute atomic E-state index is 9.06. The van der Waals surface area contributed by atoms with Crippen molar-refractivity contribution in [1.82, 2.24) is 0 Å². The van der Waals surface area contributed by atoms with Gasteiger partial charge in [-0.05, 0) is 70.1 Å². The van der Waals surface area contributed by atoms with Gasteiger partial charge in [0.2, 0.25) is 0 Å². The van der Waals surface area contributed by atoms with Crippen LogP contribution >= 0.6 is 22.7 Å². The number of hydrogen-bond donors (Lipinski definition) is 2. The van der Waals surface area contributed by atoms with Crippen LogP contribution in [0.15, 0.2) is 59.3 Å². The van der Waals surface area contributed by atoms with E-state index in [9.17, 15) is 0 Å². The first kappa shape index (κ1) is 13.0. The molecular formula is C16H12O2S2. The molecule has 0 aliphatic rings. The summed E-state index contributed by atoms with van der Waals surface area (Å²) in [5.41, 5.74) is 0. The maximum atomic E-state index is 9.06. The number of rotatable bonds is 0. The zero-order chi connectivity index (χ0) is 13.9. The molecule has 4 heteroatoms. The maximum Gasteiger partial charge on any atom is 0.117 e. The fraction of sp³-hybridized carbons (Fsp3) is 0. The minimum atomic E-state index is 0.343. The molecule has 4 rings (SSSR count). The molecule has 100 valence electrons. The fourth-order valence-electron chi connectivity index (χ4n) is 1.89. The van der Waals surface area contributed by atoms with Gasteiger partial charge in [0.1, 0.15) is 11.5 Å². The number of fused-ring (bicyclic) bond motifs is 2. The standard InChI is InChI=1S/2C8H6OS/c2*9-7-2-1-6-3-4-10-8(6)5-7/h2*1-5,9H. The third-order valence-electron chi connectivity index (χ3n) is 2.88. The van der Waals surface area contributed by atoms with Crippen molar-refractivity contribution in [2.24, 2.45) is 0 Å². The number of thiophene rings is 2. The number of aromatic hydroxyl groups is 2. The van der Waals surface area contributed by atoms with Crippen molar-refractivity contribution >= 4 is 42.8 Å². The number of phenolic OH excluding ortho intramolecular Hbond substituents is 2. The van der Waals surface area contributed by atoms with Crippen LogP contribution in [0.1, 0.15) is 0 Å². The van der Waals surface area contributed by atoms with E-state index in [2.05, 4.69) is 0 Å². The monoisotopic (exact) mass is 300 g/mol. The van der Waals surface area contributed by atoms with E-state index in [4.69, 9.17) is 10.2 Å². The van der Waals surface area contributed by atoms with Gasteiger partial charge in [-0.1, -0.05) is 0 Å². The van der Waals surface area contributed by atoms with Crippen molar-refractivity contribution < 1.29 is 10.2 Å². The molecule has 0 aliphatic carbocycles. The Bertz CT molecular complexity index is 774. The van der Waals surface area contributed by atoms with Crippen molar-refractivity contribution in [3.8, 4) is 11.5 Å². The highest BCUT2D eigenvalue weighted by atomic mass is 32.1. The lowest BCUT2D eigenvalue weighted by molar-refractivity contribution is 0.475. The van der Waals surface area contributed by atoms with Crippen LogP contribution in [0.4, 0.5) is 0 Å². The van der Waals surface area contributed by atoms with Crippen molar-refractivity contribution in [3.63, 3.8) is 0 Å². The zero-order valence-electron chi connectivity index (χ0n) is 10.5. The van der Waals surface area contributed by atoms with E-state index in [1.807, 2.05) is 35.0 Å². The predicted molar refractivity (Wildman–Crippen MR) is 87.0 cm³/mol. The summed E-state index contributed by atoms with van der Waals surface area (Å²) in [4.78, 5) is 0. The molecule has 0 aliphatic heterocycles. The minimum absolute atomic E-state index is 0.343. The summed E-state index contributed by atoms with van der Waals surface area (Å²) >= 11 is 3.28. The highest BCUT2D eigenvalue weighted by Crippen LogP contribution is 2.25. The van der Waals surface area contributed by atoms with Crippen molar-refractivity contribution in [1.29, 1.82) is 0 Å². The lowest BCUT2D eigenvalue weighted by Crippen LogP contribution is -1.61. The summed E-state index contributed by atoms with van der Waals surface area (Å²) in [6.45, 7) is 0. The average Bonchev–Trinajstić information content (AvgIpc) is 3.06. The summed E-state index contributed by atoms with van der Waals surface area (Å²) in [5.74, 6) is 0.685. The van der Waals surface area contributed by atoms with Crippen LogP contribution in [0.3, 0.4) is 0 Å². The Morgan fingerprint density at radius 3 is 1.50 bits per heavy atom. The van der Waals surface area contributed by atoms with Crippen LogP contribution in [0, 0.1) is 0 Å². The second kappa shape index (κ2) is 5.53. The van der Waals surface area contributed by atoms with Gasteiger partial charge in [-0.3, -0.25) is 0 Å². The highest BCUT2D eigenvalue weighted by molar-refractivity contribution is 7.17. The Morgan fingerprint density at radius 2 is 1.05 bits per heavy atom. The lowest BCUT2D eigenvalue weighted by atomic mass is 10.2. The Morgan fingerprint density at radius 1 is 0.600 bits per heavy atom. The highest BCUT2D eigenvalue weighted by Gasteiger charge is 1.94.